The summed E-state index contributed by atoms with van der Waals surface area (Å²) in [4.78, 5) is 24.7. The van der Waals surface area contributed by atoms with Gasteiger partial charge in [-0.3, -0.25) is 9.59 Å². The maximum absolute atomic E-state index is 12.3. The van der Waals surface area contributed by atoms with Gasteiger partial charge in [-0.25, -0.2) is 0 Å². The van der Waals surface area contributed by atoms with Crippen molar-refractivity contribution in [2.45, 2.75) is 0 Å². The summed E-state index contributed by atoms with van der Waals surface area (Å²) in [5.41, 5.74) is 1.54. The fourth-order valence-electron chi connectivity index (χ4n) is 2.40. The summed E-state index contributed by atoms with van der Waals surface area (Å²) in [6.07, 6.45) is 1.51. The Morgan fingerprint density at radius 1 is 1.09 bits per heavy atom. The van der Waals surface area contributed by atoms with Gasteiger partial charge in [0.25, 0.3) is 0 Å². The smallest absolute Gasteiger partial charge is 0.197 e. The predicted octanol–water partition coefficient (Wildman–Crippen LogP) is 3.63. The molecule has 0 bridgehead atoms. The van der Waals surface area contributed by atoms with Gasteiger partial charge in [0, 0.05) is 11.1 Å². The van der Waals surface area contributed by atoms with E-state index in [0.29, 0.717) is 21.2 Å². The van der Waals surface area contributed by atoms with Crippen molar-refractivity contribution in [2.75, 3.05) is 7.11 Å². The van der Waals surface area contributed by atoms with Gasteiger partial charge in [0.15, 0.2) is 23.1 Å². The van der Waals surface area contributed by atoms with Crippen molar-refractivity contribution < 1.29 is 19.4 Å². The molecule has 2 aromatic rings. The Kier molecular flexibility index (Phi) is 3.58. The van der Waals surface area contributed by atoms with Crippen LogP contribution in [0.15, 0.2) is 46.4 Å². The number of fused-ring (bicyclic) bond motifs is 1. The van der Waals surface area contributed by atoms with E-state index in [2.05, 4.69) is 15.9 Å². The van der Waals surface area contributed by atoms with Crippen LogP contribution >= 0.6 is 15.9 Å². The van der Waals surface area contributed by atoms with Gasteiger partial charge in [-0.1, -0.05) is 24.3 Å². The number of ether oxygens (including phenoxy) is 1. The molecule has 0 fully saturated rings. The van der Waals surface area contributed by atoms with Gasteiger partial charge >= 0.3 is 0 Å². The largest absolute Gasteiger partial charge is 0.503 e. The first kappa shape index (κ1) is 14.5. The van der Waals surface area contributed by atoms with Gasteiger partial charge in [-0.15, -0.1) is 0 Å². The van der Waals surface area contributed by atoms with E-state index >= 15 is 0 Å². The number of carbonyl (C=O) groups is 2. The molecule has 0 amide bonds. The third-order valence-corrected chi connectivity index (χ3v) is 4.09. The highest BCUT2D eigenvalue weighted by atomic mass is 79.9. The van der Waals surface area contributed by atoms with Gasteiger partial charge in [0.1, 0.15) is 0 Å². The minimum Gasteiger partial charge on any atom is -0.503 e. The van der Waals surface area contributed by atoms with Crippen molar-refractivity contribution >= 4 is 33.6 Å². The molecule has 1 N–H and O–H groups in total. The molecule has 0 radical (unpaired) electrons. The molecule has 0 saturated heterocycles. The standard InChI is InChI=1S/C17H11BrO4/c1-22-14-8-9(7-13(18)17(14)21)6-12-15(19)10-4-2-3-5-11(10)16(12)20/h2-8,21H,1H3. The SMILES string of the molecule is COc1cc(C=C2C(=O)c3ccccc3C2=O)cc(Br)c1O. The number of carbonyl (C=O) groups excluding carboxylic acids is 2. The van der Waals surface area contributed by atoms with Crippen LogP contribution in [0.25, 0.3) is 6.08 Å². The van der Waals surface area contributed by atoms with Gasteiger partial charge in [0.2, 0.25) is 0 Å². The highest BCUT2D eigenvalue weighted by molar-refractivity contribution is 9.10. The molecule has 2 aromatic carbocycles. The van der Waals surface area contributed by atoms with Crippen molar-refractivity contribution in [2.24, 2.45) is 0 Å². The van der Waals surface area contributed by atoms with Crippen LogP contribution in [0.4, 0.5) is 0 Å². The number of hydrogen-bond acceptors (Lipinski definition) is 4. The zero-order valence-corrected chi connectivity index (χ0v) is 13.2. The summed E-state index contributed by atoms with van der Waals surface area (Å²) in [5.74, 6) is -0.346. The number of Topliss-reactive ketones (excluding diaryl/α,β-unsaturated/α-hetero) is 2. The Hall–Kier alpha value is -2.40. The van der Waals surface area contributed by atoms with Crippen molar-refractivity contribution in [1.82, 2.24) is 0 Å². The quantitative estimate of drug-likeness (QED) is 0.657. The Balaban J connectivity index is 2.10. The number of ketones is 2. The number of hydrogen-bond donors (Lipinski definition) is 1. The van der Waals surface area contributed by atoms with Crippen LogP contribution in [0.2, 0.25) is 0 Å². The molecular formula is C17H11BrO4. The molecule has 0 unspecified atom stereocenters. The number of phenolic OH excluding ortho intramolecular Hbond substituents is 1. The van der Waals surface area contributed by atoms with E-state index in [-0.39, 0.29) is 28.6 Å². The lowest BCUT2D eigenvalue weighted by atomic mass is 10.1. The molecule has 5 heteroatoms. The Labute approximate surface area is 135 Å². The summed E-state index contributed by atoms with van der Waals surface area (Å²) in [6, 6.07) is 9.93. The topological polar surface area (TPSA) is 63.6 Å². The third-order valence-electron chi connectivity index (χ3n) is 3.49. The molecule has 1 aliphatic rings. The van der Waals surface area contributed by atoms with E-state index in [0.717, 1.165) is 0 Å². The molecular weight excluding hydrogens is 348 g/mol. The van der Waals surface area contributed by atoms with Gasteiger partial charge in [-0.05, 0) is 39.7 Å². The Bertz CT molecular complexity index is 800. The number of phenols is 1. The lowest BCUT2D eigenvalue weighted by Gasteiger charge is -2.07. The van der Waals surface area contributed by atoms with Crippen LogP contribution in [0.3, 0.4) is 0 Å². The molecule has 0 aromatic heterocycles. The van der Waals surface area contributed by atoms with Crippen LogP contribution in [0.5, 0.6) is 11.5 Å². The summed E-state index contributed by atoms with van der Waals surface area (Å²) in [5, 5.41) is 9.80. The molecule has 110 valence electrons. The summed E-state index contributed by atoms with van der Waals surface area (Å²) in [7, 11) is 1.43. The number of halogens is 1. The lowest BCUT2D eigenvalue weighted by molar-refractivity contribution is 0.0990. The molecule has 3 rings (SSSR count). The maximum atomic E-state index is 12.3. The molecule has 4 nitrogen and oxygen atoms in total. The highest BCUT2D eigenvalue weighted by Crippen LogP contribution is 2.36. The average Bonchev–Trinajstić information content (AvgIpc) is 2.76. The van der Waals surface area contributed by atoms with Crippen molar-refractivity contribution in [3.8, 4) is 11.5 Å². The second-order valence-corrected chi connectivity index (χ2v) is 5.67. The molecule has 0 heterocycles. The van der Waals surface area contributed by atoms with Gasteiger partial charge in [0.05, 0.1) is 17.2 Å². The Morgan fingerprint density at radius 2 is 1.68 bits per heavy atom. The maximum Gasteiger partial charge on any atom is 0.197 e. The van der Waals surface area contributed by atoms with Crippen LogP contribution in [0, 0.1) is 0 Å². The minimum absolute atomic E-state index is 0.0305. The molecule has 0 aliphatic heterocycles. The van der Waals surface area contributed by atoms with Crippen LogP contribution < -0.4 is 4.74 Å². The van der Waals surface area contributed by atoms with Gasteiger partial charge < -0.3 is 9.84 Å². The second kappa shape index (κ2) is 5.42. The first-order valence-electron chi connectivity index (χ1n) is 6.49. The molecule has 22 heavy (non-hydrogen) atoms. The summed E-state index contributed by atoms with van der Waals surface area (Å²) in [6.45, 7) is 0. The fourth-order valence-corrected chi connectivity index (χ4v) is 2.86. The van der Waals surface area contributed by atoms with E-state index in [1.54, 1.807) is 36.4 Å². The van der Waals surface area contributed by atoms with Crippen LogP contribution in [0.1, 0.15) is 26.3 Å². The number of benzene rings is 2. The molecule has 1 aliphatic carbocycles. The first-order chi connectivity index (χ1) is 10.5. The molecule has 0 atom stereocenters. The number of rotatable bonds is 2. The van der Waals surface area contributed by atoms with E-state index in [1.807, 2.05) is 0 Å². The van der Waals surface area contributed by atoms with E-state index in [1.165, 1.54) is 13.2 Å². The average molecular weight is 359 g/mol. The lowest BCUT2D eigenvalue weighted by Crippen LogP contribution is -2.00. The highest BCUT2D eigenvalue weighted by Gasteiger charge is 2.32. The predicted molar refractivity (Wildman–Crippen MR) is 85.4 cm³/mol. The van der Waals surface area contributed by atoms with Crippen molar-refractivity contribution in [3.63, 3.8) is 0 Å². The second-order valence-electron chi connectivity index (χ2n) is 4.82. The fraction of sp³-hybridized carbons (Fsp3) is 0.0588. The van der Waals surface area contributed by atoms with Crippen molar-refractivity contribution in [3.05, 3.63) is 63.1 Å². The normalized spacial score (nSPS) is 13.3. The number of allylic oxidation sites excluding steroid dienone is 1. The van der Waals surface area contributed by atoms with Crippen LogP contribution in [-0.4, -0.2) is 23.8 Å². The zero-order chi connectivity index (χ0) is 15.9. The van der Waals surface area contributed by atoms with Crippen LogP contribution in [-0.2, 0) is 0 Å². The first-order valence-corrected chi connectivity index (χ1v) is 7.29. The monoisotopic (exact) mass is 358 g/mol. The zero-order valence-electron chi connectivity index (χ0n) is 11.6. The van der Waals surface area contributed by atoms with Gasteiger partial charge in [-0.2, -0.15) is 0 Å². The Morgan fingerprint density at radius 3 is 2.23 bits per heavy atom. The minimum atomic E-state index is -0.288. The van der Waals surface area contributed by atoms with E-state index in [4.69, 9.17) is 4.74 Å². The number of methoxy groups -OCH3 is 1. The third kappa shape index (κ3) is 2.23. The molecule has 0 saturated carbocycles. The van der Waals surface area contributed by atoms with Crippen molar-refractivity contribution in [1.29, 1.82) is 0 Å². The summed E-state index contributed by atoms with van der Waals surface area (Å²) >= 11 is 3.22. The van der Waals surface area contributed by atoms with E-state index < -0.39 is 0 Å². The number of aromatic hydroxyl groups is 1. The molecule has 0 spiro atoms. The summed E-state index contributed by atoms with van der Waals surface area (Å²) < 4.78 is 5.49. The van der Waals surface area contributed by atoms with E-state index in [9.17, 15) is 14.7 Å².